The second kappa shape index (κ2) is 8.05. The van der Waals surface area contributed by atoms with Crippen molar-refractivity contribution < 1.29 is 13.2 Å². The smallest absolute Gasteiger partial charge is 0.256 e. The van der Waals surface area contributed by atoms with Crippen LogP contribution in [0.1, 0.15) is 54.4 Å². The van der Waals surface area contributed by atoms with E-state index >= 15 is 0 Å². The number of hydrogen-bond donors (Lipinski definition) is 1. The van der Waals surface area contributed by atoms with E-state index in [1.165, 1.54) is 10.4 Å². The van der Waals surface area contributed by atoms with Gasteiger partial charge in [0, 0.05) is 31.5 Å². The fourth-order valence-corrected chi connectivity index (χ4v) is 5.51. The molecule has 1 aromatic carbocycles. The third-order valence-electron chi connectivity index (χ3n) is 5.62. The highest BCUT2D eigenvalue weighted by molar-refractivity contribution is 7.89. The molecule has 0 unspecified atom stereocenters. The van der Waals surface area contributed by atoms with Gasteiger partial charge in [-0.1, -0.05) is 19.9 Å². The molecule has 1 fully saturated rings. The Morgan fingerprint density at radius 2 is 1.87 bits per heavy atom. The average Bonchev–Trinajstić information content (AvgIpc) is 3.37. The van der Waals surface area contributed by atoms with E-state index in [0.717, 1.165) is 24.2 Å². The number of carbonyl (C=O) groups is 1. The first-order valence-electron chi connectivity index (χ1n) is 10.4. The lowest BCUT2D eigenvalue weighted by Crippen LogP contribution is -2.27. The molecule has 0 saturated carbocycles. The lowest BCUT2D eigenvalue weighted by atomic mass is 10.0. The number of nitrogens with zero attached hydrogens (tertiary/aromatic N) is 4. The highest BCUT2D eigenvalue weighted by Crippen LogP contribution is 2.27. The van der Waals surface area contributed by atoms with Crippen molar-refractivity contribution in [2.75, 3.05) is 18.4 Å². The van der Waals surface area contributed by atoms with Gasteiger partial charge in [0.25, 0.3) is 5.91 Å². The van der Waals surface area contributed by atoms with Crippen molar-refractivity contribution in [2.45, 2.75) is 44.4 Å². The van der Waals surface area contributed by atoms with Crippen molar-refractivity contribution in [3.8, 4) is 0 Å². The van der Waals surface area contributed by atoms with Crippen molar-refractivity contribution in [1.82, 2.24) is 19.1 Å². The average molecular weight is 442 g/mol. The van der Waals surface area contributed by atoms with Gasteiger partial charge in [-0.25, -0.2) is 13.4 Å². The van der Waals surface area contributed by atoms with E-state index in [0.29, 0.717) is 35.4 Å². The number of hydrogen-bond acceptors (Lipinski definition) is 5. The molecule has 0 radical (unpaired) electrons. The molecule has 1 saturated heterocycles. The molecule has 3 heterocycles. The van der Waals surface area contributed by atoms with Gasteiger partial charge in [-0.15, -0.1) is 0 Å². The van der Waals surface area contributed by atoms with Gasteiger partial charge in [0.05, 0.1) is 21.5 Å². The van der Waals surface area contributed by atoms with Crippen LogP contribution in [0.5, 0.6) is 0 Å². The number of nitrogens with one attached hydrogen (secondary N) is 1. The molecule has 1 aliphatic heterocycles. The van der Waals surface area contributed by atoms with Crippen LogP contribution in [0.15, 0.2) is 35.2 Å². The molecule has 9 heteroatoms. The van der Waals surface area contributed by atoms with Crippen LogP contribution in [0.2, 0.25) is 0 Å². The highest BCUT2D eigenvalue weighted by Gasteiger charge is 2.27. The molecule has 0 bridgehead atoms. The Kier molecular flexibility index (Phi) is 5.57. The molecule has 1 amide bonds. The molecule has 0 atom stereocenters. The molecule has 0 spiro atoms. The summed E-state index contributed by atoms with van der Waals surface area (Å²) in [7, 11) is -1.75. The number of rotatable bonds is 5. The second-order valence-corrected chi connectivity index (χ2v) is 10.2. The highest BCUT2D eigenvalue weighted by atomic mass is 32.2. The largest absolute Gasteiger partial charge is 0.322 e. The Hall–Kier alpha value is -2.78. The van der Waals surface area contributed by atoms with E-state index < -0.39 is 10.0 Å². The Morgan fingerprint density at radius 3 is 2.55 bits per heavy atom. The first-order chi connectivity index (χ1) is 14.7. The summed E-state index contributed by atoms with van der Waals surface area (Å²) in [5.74, 6) is -0.179. The molecule has 8 nitrogen and oxygen atoms in total. The minimum absolute atomic E-state index is 0.139. The molecule has 4 rings (SSSR count). The predicted molar refractivity (Wildman–Crippen MR) is 120 cm³/mol. The first kappa shape index (κ1) is 21.5. The minimum atomic E-state index is -3.56. The van der Waals surface area contributed by atoms with Crippen molar-refractivity contribution in [3.63, 3.8) is 0 Å². The number of benzene rings is 1. The van der Waals surface area contributed by atoms with Crippen molar-refractivity contribution in [1.29, 1.82) is 0 Å². The number of carbonyl (C=O) groups excluding carboxylic acids is 1. The first-order valence-corrected chi connectivity index (χ1v) is 11.9. The third kappa shape index (κ3) is 3.95. The van der Waals surface area contributed by atoms with E-state index in [4.69, 9.17) is 0 Å². The Bertz CT molecular complexity index is 1260. The summed E-state index contributed by atoms with van der Waals surface area (Å²) in [6.45, 7) is 6.95. The number of amides is 1. The van der Waals surface area contributed by atoms with Gasteiger partial charge in [-0.05, 0) is 49.9 Å². The van der Waals surface area contributed by atoms with Crippen LogP contribution < -0.4 is 5.32 Å². The zero-order chi connectivity index (χ0) is 22.3. The lowest BCUT2D eigenvalue weighted by molar-refractivity contribution is 0.102. The quantitative estimate of drug-likeness (QED) is 0.654. The van der Waals surface area contributed by atoms with Crippen molar-refractivity contribution in [2.24, 2.45) is 7.05 Å². The van der Waals surface area contributed by atoms with Gasteiger partial charge in [0.15, 0.2) is 5.65 Å². The van der Waals surface area contributed by atoms with Gasteiger partial charge in [0.1, 0.15) is 0 Å². The van der Waals surface area contributed by atoms with Crippen LogP contribution >= 0.6 is 0 Å². The molecule has 1 aliphatic rings. The Balaban J connectivity index is 1.70. The summed E-state index contributed by atoms with van der Waals surface area (Å²) >= 11 is 0. The van der Waals surface area contributed by atoms with Gasteiger partial charge < -0.3 is 5.32 Å². The Morgan fingerprint density at radius 1 is 1.16 bits per heavy atom. The number of fused-ring (bicyclic) bond motifs is 1. The van der Waals surface area contributed by atoms with Crippen molar-refractivity contribution >= 4 is 32.7 Å². The lowest BCUT2D eigenvalue weighted by Gasteiger charge is -2.16. The van der Waals surface area contributed by atoms with E-state index in [9.17, 15) is 13.2 Å². The number of aromatic nitrogens is 3. The van der Waals surface area contributed by atoms with Crippen LogP contribution in [-0.4, -0.2) is 46.5 Å². The van der Waals surface area contributed by atoms with E-state index in [1.54, 1.807) is 36.0 Å². The fraction of sp³-hybridized carbons (Fsp3) is 0.409. The predicted octanol–water partition coefficient (Wildman–Crippen LogP) is 3.44. The normalized spacial score (nSPS) is 15.1. The molecule has 31 heavy (non-hydrogen) atoms. The zero-order valence-corrected chi connectivity index (χ0v) is 19.0. The summed E-state index contributed by atoms with van der Waals surface area (Å²) in [6, 6.07) is 8.22. The minimum Gasteiger partial charge on any atom is -0.322 e. The maximum absolute atomic E-state index is 13.2. The molecule has 1 N–H and O–H groups in total. The fourth-order valence-electron chi connectivity index (χ4n) is 3.95. The SMILES string of the molecule is Cc1nn(C)c2nc(C(C)C)cc(C(=O)Nc3cccc(S(=O)(=O)N4CCCC4)c3)c12. The maximum Gasteiger partial charge on any atom is 0.256 e. The van der Waals surface area contributed by atoms with Crippen LogP contribution in [0.3, 0.4) is 0 Å². The van der Waals surface area contributed by atoms with Gasteiger partial charge in [0.2, 0.25) is 10.0 Å². The topological polar surface area (TPSA) is 97.2 Å². The molecule has 2 aromatic heterocycles. The second-order valence-electron chi connectivity index (χ2n) is 8.25. The number of sulfonamides is 1. The Labute approximate surface area is 182 Å². The van der Waals surface area contributed by atoms with E-state index in [2.05, 4.69) is 15.4 Å². The summed E-state index contributed by atoms with van der Waals surface area (Å²) in [4.78, 5) is 18.1. The molecule has 0 aliphatic carbocycles. The summed E-state index contributed by atoms with van der Waals surface area (Å²) in [5, 5.41) is 7.99. The number of pyridine rings is 1. The monoisotopic (exact) mass is 441 g/mol. The molecule has 3 aromatic rings. The van der Waals surface area contributed by atoms with Crippen LogP contribution in [-0.2, 0) is 17.1 Å². The molecular formula is C22H27N5O3S. The van der Waals surface area contributed by atoms with E-state index in [1.807, 2.05) is 20.8 Å². The number of anilines is 1. The van der Waals surface area contributed by atoms with Gasteiger partial charge >= 0.3 is 0 Å². The third-order valence-corrected chi connectivity index (χ3v) is 7.51. The number of aryl methyl sites for hydroxylation is 2. The maximum atomic E-state index is 13.2. The van der Waals surface area contributed by atoms with E-state index in [-0.39, 0.29) is 16.7 Å². The summed E-state index contributed by atoms with van der Waals surface area (Å²) in [5.41, 5.74) is 3.08. The van der Waals surface area contributed by atoms with Crippen LogP contribution in [0, 0.1) is 6.92 Å². The zero-order valence-electron chi connectivity index (χ0n) is 18.2. The van der Waals surface area contributed by atoms with Gasteiger partial charge in [-0.3, -0.25) is 9.48 Å². The van der Waals surface area contributed by atoms with Crippen LogP contribution in [0.25, 0.3) is 11.0 Å². The molecule has 164 valence electrons. The van der Waals surface area contributed by atoms with Crippen molar-refractivity contribution in [3.05, 3.63) is 47.3 Å². The molecular weight excluding hydrogens is 414 g/mol. The summed E-state index contributed by atoms with van der Waals surface area (Å²) in [6.07, 6.45) is 1.74. The standard InChI is InChI=1S/C22H27N5O3S/c1-14(2)19-13-18(20-15(3)25-26(4)21(20)24-19)22(28)23-16-8-7-9-17(12-16)31(29,30)27-10-5-6-11-27/h7-9,12-14H,5-6,10-11H2,1-4H3,(H,23,28). The summed E-state index contributed by atoms with van der Waals surface area (Å²) < 4.78 is 28.9. The van der Waals surface area contributed by atoms with Crippen LogP contribution in [0.4, 0.5) is 5.69 Å². The van der Waals surface area contributed by atoms with Gasteiger partial charge in [-0.2, -0.15) is 9.40 Å².